The number of nitrogens with zero attached hydrogens (tertiary/aromatic N) is 1. The van der Waals surface area contributed by atoms with E-state index in [0.717, 1.165) is 11.3 Å². The molecular weight excluding hydrogens is 220 g/mol. The van der Waals surface area contributed by atoms with Crippen molar-refractivity contribution in [3.63, 3.8) is 0 Å². The van der Waals surface area contributed by atoms with Crippen molar-refractivity contribution in [3.8, 4) is 0 Å². The lowest BCUT2D eigenvalue weighted by Crippen LogP contribution is -2.12. The minimum Gasteiger partial charge on any atom is -0.320 e. The van der Waals surface area contributed by atoms with Crippen molar-refractivity contribution in [3.05, 3.63) is 64.5 Å². The molecule has 2 nitrogen and oxygen atoms in total. The molecule has 1 atom stereocenters. The Balaban J connectivity index is 1.92. The van der Waals surface area contributed by atoms with Gasteiger partial charge in [0.25, 0.3) is 0 Å². The molecule has 0 radical (unpaired) electrons. The van der Waals surface area contributed by atoms with Crippen LogP contribution in [0, 0.1) is 6.92 Å². The highest BCUT2D eigenvalue weighted by atomic mass is 14.7. The largest absolute Gasteiger partial charge is 0.320 e. The molecule has 0 fully saturated rings. The average Bonchev–Trinajstić information content (AvgIpc) is 2.86. The summed E-state index contributed by atoms with van der Waals surface area (Å²) in [6, 6.07) is 10.7. The zero-order chi connectivity index (χ0) is 12.5. The van der Waals surface area contributed by atoms with Gasteiger partial charge in [0, 0.05) is 11.9 Å². The van der Waals surface area contributed by atoms with E-state index in [1.807, 2.05) is 19.2 Å². The van der Waals surface area contributed by atoms with Gasteiger partial charge in [-0.25, -0.2) is 0 Å². The van der Waals surface area contributed by atoms with Crippen molar-refractivity contribution >= 4 is 0 Å². The molecule has 2 N–H and O–H groups in total. The number of hydrogen-bond donors (Lipinski definition) is 1. The predicted octanol–water partition coefficient (Wildman–Crippen LogP) is 2.93. The summed E-state index contributed by atoms with van der Waals surface area (Å²) in [4.78, 5) is 4.32. The Labute approximate surface area is 108 Å². The van der Waals surface area contributed by atoms with Gasteiger partial charge in [-0.3, -0.25) is 4.98 Å². The fraction of sp³-hybridized carbons (Fsp3) is 0.312. The maximum Gasteiger partial charge on any atom is 0.0567 e. The van der Waals surface area contributed by atoms with Gasteiger partial charge in [0.05, 0.1) is 6.04 Å². The highest BCUT2D eigenvalue weighted by molar-refractivity contribution is 5.39. The van der Waals surface area contributed by atoms with Crippen molar-refractivity contribution in [2.75, 3.05) is 0 Å². The van der Waals surface area contributed by atoms with E-state index in [0.29, 0.717) is 0 Å². The Hall–Kier alpha value is -1.67. The molecule has 1 aliphatic carbocycles. The van der Waals surface area contributed by atoms with Crippen LogP contribution in [0.15, 0.2) is 36.5 Å². The number of nitrogens with two attached hydrogens (primary N) is 1. The molecule has 2 aromatic rings. The van der Waals surface area contributed by atoms with Crippen LogP contribution in [0.1, 0.15) is 40.4 Å². The van der Waals surface area contributed by atoms with Gasteiger partial charge in [-0.15, -0.1) is 0 Å². The third kappa shape index (κ3) is 2.04. The van der Waals surface area contributed by atoms with Crippen LogP contribution < -0.4 is 5.73 Å². The molecule has 0 saturated heterocycles. The molecule has 0 aliphatic heterocycles. The summed E-state index contributed by atoms with van der Waals surface area (Å²) in [5.41, 5.74) is 12.6. The SMILES string of the molecule is Cc1ccc(C(N)c2ccc3c(c2)CCC3)cn1. The Morgan fingerprint density at radius 3 is 2.61 bits per heavy atom. The fourth-order valence-corrected chi connectivity index (χ4v) is 2.64. The summed E-state index contributed by atoms with van der Waals surface area (Å²) >= 11 is 0. The topological polar surface area (TPSA) is 38.9 Å². The smallest absolute Gasteiger partial charge is 0.0567 e. The molecule has 1 aliphatic rings. The number of rotatable bonds is 2. The van der Waals surface area contributed by atoms with Gasteiger partial charge in [-0.2, -0.15) is 0 Å². The lowest BCUT2D eigenvalue weighted by molar-refractivity contribution is 0.856. The Bertz CT molecular complexity index is 558. The second-order valence-electron chi connectivity index (χ2n) is 5.09. The minimum absolute atomic E-state index is 0.0657. The van der Waals surface area contributed by atoms with Crippen LogP contribution in [0.3, 0.4) is 0 Å². The van der Waals surface area contributed by atoms with Crippen LogP contribution in [0.2, 0.25) is 0 Å². The summed E-state index contributed by atoms with van der Waals surface area (Å²) in [6.07, 6.45) is 5.58. The molecule has 2 heteroatoms. The average molecular weight is 238 g/mol. The first-order valence-electron chi connectivity index (χ1n) is 6.54. The number of aromatic nitrogens is 1. The van der Waals surface area contributed by atoms with Gasteiger partial charge in [0.15, 0.2) is 0 Å². The number of fused-ring (bicyclic) bond motifs is 1. The minimum atomic E-state index is -0.0657. The molecule has 92 valence electrons. The third-order valence-electron chi connectivity index (χ3n) is 3.78. The molecule has 1 unspecified atom stereocenters. The van der Waals surface area contributed by atoms with Crippen LogP contribution in [-0.4, -0.2) is 4.98 Å². The van der Waals surface area contributed by atoms with E-state index in [1.54, 1.807) is 0 Å². The summed E-state index contributed by atoms with van der Waals surface area (Å²) in [5.74, 6) is 0. The molecular formula is C16H18N2. The van der Waals surface area contributed by atoms with Crippen LogP contribution in [0.25, 0.3) is 0 Å². The second-order valence-corrected chi connectivity index (χ2v) is 5.09. The molecule has 3 rings (SSSR count). The Morgan fingerprint density at radius 1 is 1.06 bits per heavy atom. The quantitative estimate of drug-likeness (QED) is 0.873. The van der Waals surface area contributed by atoms with Gasteiger partial charge in [-0.1, -0.05) is 24.3 Å². The number of pyridine rings is 1. The normalized spacial score (nSPS) is 15.4. The predicted molar refractivity (Wildman–Crippen MR) is 73.5 cm³/mol. The van der Waals surface area contributed by atoms with E-state index in [9.17, 15) is 0 Å². The number of aryl methyl sites for hydroxylation is 3. The van der Waals surface area contributed by atoms with E-state index < -0.39 is 0 Å². The molecule has 0 bridgehead atoms. The van der Waals surface area contributed by atoms with Crippen LogP contribution in [0.4, 0.5) is 0 Å². The van der Waals surface area contributed by atoms with E-state index in [2.05, 4.69) is 29.2 Å². The van der Waals surface area contributed by atoms with Crippen molar-refractivity contribution in [2.45, 2.75) is 32.2 Å². The molecule has 0 spiro atoms. The summed E-state index contributed by atoms with van der Waals surface area (Å²) in [5, 5.41) is 0. The third-order valence-corrected chi connectivity index (χ3v) is 3.78. The molecule has 1 aromatic heterocycles. The zero-order valence-electron chi connectivity index (χ0n) is 10.7. The van der Waals surface area contributed by atoms with E-state index >= 15 is 0 Å². The second kappa shape index (κ2) is 4.54. The van der Waals surface area contributed by atoms with Gasteiger partial charge in [-0.05, 0) is 54.5 Å². The van der Waals surface area contributed by atoms with Gasteiger partial charge >= 0.3 is 0 Å². The standard InChI is InChI=1S/C16H18N2/c1-11-5-6-15(10-18-11)16(17)14-8-7-12-3-2-4-13(12)9-14/h5-10,16H,2-4,17H2,1H3. The first-order valence-corrected chi connectivity index (χ1v) is 6.54. The first kappa shape index (κ1) is 11.4. The maximum atomic E-state index is 6.32. The maximum absolute atomic E-state index is 6.32. The molecule has 1 heterocycles. The number of hydrogen-bond acceptors (Lipinski definition) is 2. The van der Waals surface area contributed by atoms with Crippen LogP contribution in [-0.2, 0) is 12.8 Å². The van der Waals surface area contributed by atoms with Crippen molar-refractivity contribution in [1.82, 2.24) is 4.98 Å². The fourth-order valence-electron chi connectivity index (χ4n) is 2.64. The van der Waals surface area contributed by atoms with Crippen LogP contribution >= 0.6 is 0 Å². The highest BCUT2D eigenvalue weighted by Gasteiger charge is 2.14. The van der Waals surface area contributed by atoms with E-state index in [-0.39, 0.29) is 6.04 Å². The van der Waals surface area contributed by atoms with Gasteiger partial charge in [0.2, 0.25) is 0 Å². The number of benzene rings is 1. The molecule has 1 aromatic carbocycles. The summed E-state index contributed by atoms with van der Waals surface area (Å²) < 4.78 is 0. The molecule has 0 saturated carbocycles. The van der Waals surface area contributed by atoms with Gasteiger partial charge in [0.1, 0.15) is 0 Å². The lowest BCUT2D eigenvalue weighted by atomic mass is 9.97. The lowest BCUT2D eigenvalue weighted by Gasteiger charge is -2.14. The van der Waals surface area contributed by atoms with Crippen LogP contribution in [0.5, 0.6) is 0 Å². The molecule has 0 amide bonds. The highest BCUT2D eigenvalue weighted by Crippen LogP contribution is 2.27. The monoisotopic (exact) mass is 238 g/mol. The zero-order valence-corrected chi connectivity index (χ0v) is 10.7. The van der Waals surface area contributed by atoms with E-state index in [1.165, 1.54) is 36.0 Å². The molecule has 18 heavy (non-hydrogen) atoms. The Kier molecular flexibility index (Phi) is 2.88. The van der Waals surface area contributed by atoms with Crippen molar-refractivity contribution < 1.29 is 0 Å². The van der Waals surface area contributed by atoms with Gasteiger partial charge < -0.3 is 5.73 Å². The van der Waals surface area contributed by atoms with Crippen molar-refractivity contribution in [1.29, 1.82) is 0 Å². The Morgan fingerprint density at radius 2 is 1.83 bits per heavy atom. The van der Waals surface area contributed by atoms with Crippen molar-refractivity contribution in [2.24, 2.45) is 5.73 Å². The summed E-state index contributed by atoms with van der Waals surface area (Å²) in [6.45, 7) is 1.99. The summed E-state index contributed by atoms with van der Waals surface area (Å²) in [7, 11) is 0. The van der Waals surface area contributed by atoms with E-state index in [4.69, 9.17) is 5.73 Å². The first-order chi connectivity index (χ1) is 8.74.